The van der Waals surface area contributed by atoms with Crippen molar-refractivity contribution in [1.29, 1.82) is 0 Å². The predicted octanol–water partition coefficient (Wildman–Crippen LogP) is 7.49. The lowest BCUT2D eigenvalue weighted by molar-refractivity contribution is -0.137. The zero-order valence-corrected chi connectivity index (χ0v) is 29.6. The number of aromatic nitrogens is 2. The SMILES string of the molecule is O=C(Nc1nc2cc(CN3CCCCC3)ccc2n1[C@H]1CC[C@@H](COCCOCCOCCOCCBr)CC1)c1cccc(C(F)(F)F)c1. The van der Waals surface area contributed by atoms with E-state index < -0.39 is 17.6 Å². The fourth-order valence-electron chi connectivity index (χ4n) is 6.62. The van der Waals surface area contributed by atoms with Crippen molar-refractivity contribution in [1.82, 2.24) is 14.5 Å². The van der Waals surface area contributed by atoms with Crippen molar-refractivity contribution in [3.8, 4) is 0 Å². The molecule has 1 aromatic heterocycles. The van der Waals surface area contributed by atoms with Gasteiger partial charge in [-0.25, -0.2) is 4.98 Å². The number of carbonyl (C=O) groups is 1. The van der Waals surface area contributed by atoms with Gasteiger partial charge < -0.3 is 23.5 Å². The van der Waals surface area contributed by atoms with Crippen LogP contribution in [0.5, 0.6) is 0 Å². The number of piperidine rings is 1. The standard InChI is InChI=1S/C36H48BrF3N4O5/c37-13-16-46-17-18-47-19-20-48-21-22-49-26-27-7-10-31(11-8-27)44-33-12-9-28(25-43-14-2-1-3-15-43)23-32(33)41-35(44)42-34(45)29-5-4-6-30(24-29)36(38,39)40/h4-6,9,12,23-24,27,31H,1-3,7-8,10-11,13-22,25-26H2,(H,41,42,45)/t27-,31+. The largest absolute Gasteiger partial charge is 0.416 e. The molecule has 1 aliphatic carbocycles. The van der Waals surface area contributed by atoms with Crippen molar-refractivity contribution in [3.05, 3.63) is 59.2 Å². The number of nitrogens with one attached hydrogen (secondary N) is 1. The van der Waals surface area contributed by atoms with Gasteiger partial charge in [0.1, 0.15) is 0 Å². The average Bonchev–Trinajstić information content (AvgIpc) is 3.46. The van der Waals surface area contributed by atoms with E-state index >= 15 is 0 Å². The first-order chi connectivity index (χ1) is 23.8. The zero-order valence-electron chi connectivity index (χ0n) is 28.0. The molecule has 1 N–H and O–H groups in total. The number of hydrogen-bond donors (Lipinski definition) is 1. The van der Waals surface area contributed by atoms with E-state index in [9.17, 15) is 18.0 Å². The number of carbonyl (C=O) groups excluding carboxylic acids is 1. The van der Waals surface area contributed by atoms with Crippen molar-refractivity contribution in [2.45, 2.75) is 63.7 Å². The Kier molecular flexibility index (Phi) is 14.7. The molecule has 13 heteroatoms. The minimum absolute atomic E-state index is 0.0629. The average molecular weight is 754 g/mol. The van der Waals surface area contributed by atoms with Crippen molar-refractivity contribution in [2.75, 3.05) is 76.6 Å². The lowest BCUT2D eigenvalue weighted by Crippen LogP contribution is -2.29. The van der Waals surface area contributed by atoms with Gasteiger partial charge in [-0.3, -0.25) is 15.0 Å². The zero-order chi connectivity index (χ0) is 34.5. The Hall–Kier alpha value is -2.55. The molecule has 2 fully saturated rings. The van der Waals surface area contributed by atoms with Crippen LogP contribution in [-0.2, 0) is 31.7 Å². The maximum Gasteiger partial charge on any atom is 0.416 e. The summed E-state index contributed by atoms with van der Waals surface area (Å²) in [6.45, 7) is 7.50. The summed E-state index contributed by atoms with van der Waals surface area (Å²) in [7, 11) is 0. The highest BCUT2D eigenvalue weighted by molar-refractivity contribution is 9.09. The summed E-state index contributed by atoms with van der Waals surface area (Å²) in [5, 5.41) is 3.68. The molecule has 0 unspecified atom stereocenters. The molecule has 1 aliphatic heterocycles. The number of ether oxygens (including phenoxy) is 4. The maximum absolute atomic E-state index is 13.4. The number of benzene rings is 2. The monoisotopic (exact) mass is 752 g/mol. The van der Waals surface area contributed by atoms with Gasteiger partial charge in [0, 0.05) is 30.1 Å². The van der Waals surface area contributed by atoms with Crippen LogP contribution in [0.2, 0.25) is 0 Å². The van der Waals surface area contributed by atoms with Gasteiger partial charge in [-0.2, -0.15) is 13.2 Å². The first-order valence-electron chi connectivity index (χ1n) is 17.4. The smallest absolute Gasteiger partial charge is 0.379 e. The molecule has 1 saturated carbocycles. The van der Waals surface area contributed by atoms with Gasteiger partial charge in [-0.1, -0.05) is 34.5 Å². The molecule has 0 bridgehead atoms. The molecule has 49 heavy (non-hydrogen) atoms. The van der Waals surface area contributed by atoms with E-state index in [1.54, 1.807) is 0 Å². The minimum Gasteiger partial charge on any atom is -0.379 e. The van der Waals surface area contributed by atoms with Gasteiger partial charge in [0.25, 0.3) is 5.91 Å². The molecule has 1 saturated heterocycles. The number of rotatable bonds is 18. The van der Waals surface area contributed by atoms with E-state index in [0.717, 1.165) is 79.4 Å². The number of imidazole rings is 1. The summed E-state index contributed by atoms with van der Waals surface area (Å²) in [5.74, 6) is 0.152. The number of halogens is 4. The molecule has 5 rings (SSSR count). The quantitative estimate of drug-likeness (QED) is 0.107. The number of alkyl halides is 4. The molecule has 2 aromatic carbocycles. The first kappa shape index (κ1) is 37.7. The van der Waals surface area contributed by atoms with E-state index in [1.165, 1.54) is 31.4 Å². The van der Waals surface area contributed by atoms with Crippen molar-refractivity contribution >= 4 is 38.8 Å². The molecule has 0 radical (unpaired) electrons. The summed E-state index contributed by atoms with van der Waals surface area (Å²) < 4.78 is 64.6. The van der Waals surface area contributed by atoms with E-state index in [-0.39, 0.29) is 11.6 Å². The fourth-order valence-corrected chi connectivity index (χ4v) is 6.85. The number of anilines is 1. The third-order valence-electron chi connectivity index (χ3n) is 9.16. The van der Waals surface area contributed by atoms with Crippen LogP contribution >= 0.6 is 15.9 Å². The van der Waals surface area contributed by atoms with Crippen LogP contribution < -0.4 is 5.32 Å². The molecule has 270 valence electrons. The third kappa shape index (κ3) is 11.5. The Morgan fingerprint density at radius 2 is 1.53 bits per heavy atom. The number of nitrogens with zero attached hydrogens (tertiary/aromatic N) is 3. The van der Waals surface area contributed by atoms with Crippen LogP contribution in [-0.4, -0.2) is 91.6 Å². The van der Waals surface area contributed by atoms with Crippen molar-refractivity contribution in [3.63, 3.8) is 0 Å². The van der Waals surface area contributed by atoms with Crippen LogP contribution in [0.3, 0.4) is 0 Å². The molecule has 3 aromatic rings. The Morgan fingerprint density at radius 1 is 0.857 bits per heavy atom. The normalized spacial score (nSPS) is 19.0. The van der Waals surface area contributed by atoms with Crippen LogP contribution in [0.1, 0.15) is 72.5 Å². The second kappa shape index (κ2) is 19.2. The van der Waals surface area contributed by atoms with Gasteiger partial charge >= 0.3 is 6.18 Å². The Labute approximate surface area is 294 Å². The van der Waals surface area contributed by atoms with Gasteiger partial charge in [-0.15, -0.1) is 0 Å². The minimum atomic E-state index is -4.54. The Bertz CT molecular complexity index is 1460. The lowest BCUT2D eigenvalue weighted by Gasteiger charge is -2.30. The van der Waals surface area contributed by atoms with E-state index in [0.29, 0.717) is 64.7 Å². The topological polar surface area (TPSA) is 87.1 Å². The van der Waals surface area contributed by atoms with E-state index in [1.807, 2.05) is 0 Å². The van der Waals surface area contributed by atoms with Crippen molar-refractivity contribution < 1.29 is 36.9 Å². The summed E-state index contributed by atoms with van der Waals surface area (Å²) in [6, 6.07) is 10.8. The summed E-state index contributed by atoms with van der Waals surface area (Å²) in [5.41, 5.74) is 1.91. The first-order valence-corrected chi connectivity index (χ1v) is 18.5. The molecule has 0 atom stereocenters. The number of fused-ring (bicyclic) bond motifs is 1. The van der Waals surface area contributed by atoms with Gasteiger partial charge in [-0.05, 0) is 93.4 Å². The maximum atomic E-state index is 13.4. The molecule has 9 nitrogen and oxygen atoms in total. The second-order valence-electron chi connectivity index (χ2n) is 12.8. The second-order valence-corrected chi connectivity index (χ2v) is 13.6. The molecule has 0 spiro atoms. The molecule has 1 amide bonds. The van der Waals surface area contributed by atoms with E-state index in [2.05, 4.69) is 48.9 Å². The lowest BCUT2D eigenvalue weighted by atomic mass is 9.86. The number of hydrogen-bond acceptors (Lipinski definition) is 7. The van der Waals surface area contributed by atoms with Gasteiger partial charge in [0.05, 0.1) is 62.8 Å². The molecular weight excluding hydrogens is 705 g/mol. The van der Waals surface area contributed by atoms with Crippen LogP contribution in [0, 0.1) is 5.92 Å². The van der Waals surface area contributed by atoms with Gasteiger partial charge in [0.15, 0.2) is 0 Å². The Morgan fingerprint density at radius 3 is 2.20 bits per heavy atom. The molecule has 2 aliphatic rings. The fraction of sp³-hybridized carbons (Fsp3) is 0.611. The Balaban J connectivity index is 1.17. The van der Waals surface area contributed by atoms with Crippen LogP contribution in [0.25, 0.3) is 11.0 Å². The number of amides is 1. The van der Waals surface area contributed by atoms with Crippen LogP contribution in [0.15, 0.2) is 42.5 Å². The van der Waals surface area contributed by atoms with Gasteiger partial charge in [0.2, 0.25) is 5.95 Å². The summed E-state index contributed by atoms with van der Waals surface area (Å²) in [6.07, 6.45) is 2.77. The predicted molar refractivity (Wildman–Crippen MR) is 186 cm³/mol. The molecular formula is C36H48BrF3N4O5. The number of likely N-dealkylation sites (tertiary alicyclic amines) is 1. The van der Waals surface area contributed by atoms with E-state index in [4.69, 9.17) is 23.9 Å². The third-order valence-corrected chi connectivity index (χ3v) is 9.48. The van der Waals surface area contributed by atoms with Crippen LogP contribution in [0.4, 0.5) is 19.1 Å². The highest BCUT2D eigenvalue weighted by Crippen LogP contribution is 2.37. The highest BCUT2D eigenvalue weighted by atomic mass is 79.9. The molecule has 2 heterocycles. The summed E-state index contributed by atoms with van der Waals surface area (Å²) in [4.78, 5) is 20.6. The summed E-state index contributed by atoms with van der Waals surface area (Å²) >= 11 is 3.31. The van der Waals surface area contributed by atoms with Crippen molar-refractivity contribution in [2.24, 2.45) is 5.92 Å². The highest BCUT2D eigenvalue weighted by Gasteiger charge is 2.31.